The van der Waals surface area contributed by atoms with Crippen molar-refractivity contribution in [2.24, 2.45) is 5.41 Å². The number of nitrogens with zero attached hydrogens (tertiary/aromatic N) is 1. The molecule has 1 aromatic heterocycles. The van der Waals surface area contributed by atoms with Crippen LogP contribution in [-0.4, -0.2) is 44.2 Å². The SMILES string of the molecule is COCC1(CNC(=O)c2cnc(-c3ccccc3F)s2)CCNCC1.Cl.Cl. The van der Waals surface area contributed by atoms with Gasteiger partial charge in [0.15, 0.2) is 0 Å². The number of hydrogen-bond acceptors (Lipinski definition) is 5. The number of carbonyl (C=O) groups is 1. The van der Waals surface area contributed by atoms with Crippen LogP contribution in [0, 0.1) is 11.2 Å². The van der Waals surface area contributed by atoms with E-state index in [4.69, 9.17) is 4.74 Å². The molecule has 2 aromatic rings. The Morgan fingerprint density at radius 3 is 2.70 bits per heavy atom. The van der Waals surface area contributed by atoms with Gasteiger partial charge in [-0.25, -0.2) is 9.37 Å². The molecule has 150 valence electrons. The molecule has 1 amide bonds. The van der Waals surface area contributed by atoms with Gasteiger partial charge in [0.2, 0.25) is 0 Å². The Morgan fingerprint density at radius 1 is 1.33 bits per heavy atom. The van der Waals surface area contributed by atoms with Crippen LogP contribution in [0.15, 0.2) is 30.5 Å². The smallest absolute Gasteiger partial charge is 0.263 e. The summed E-state index contributed by atoms with van der Waals surface area (Å²) in [6.45, 7) is 3.04. The molecule has 1 saturated heterocycles. The summed E-state index contributed by atoms with van der Waals surface area (Å²) in [5, 5.41) is 6.85. The summed E-state index contributed by atoms with van der Waals surface area (Å²) < 4.78 is 19.2. The molecule has 0 bridgehead atoms. The fourth-order valence-electron chi connectivity index (χ4n) is 3.13. The van der Waals surface area contributed by atoms with Gasteiger partial charge in [-0.2, -0.15) is 0 Å². The van der Waals surface area contributed by atoms with E-state index in [0.29, 0.717) is 28.6 Å². The Hall–Kier alpha value is -1.25. The highest BCUT2D eigenvalue weighted by Crippen LogP contribution is 2.29. The van der Waals surface area contributed by atoms with E-state index in [0.717, 1.165) is 25.9 Å². The van der Waals surface area contributed by atoms with Crippen molar-refractivity contribution in [3.05, 3.63) is 41.2 Å². The molecule has 0 radical (unpaired) electrons. The van der Waals surface area contributed by atoms with Crippen LogP contribution in [-0.2, 0) is 4.74 Å². The maximum Gasteiger partial charge on any atom is 0.263 e. The van der Waals surface area contributed by atoms with E-state index in [-0.39, 0.29) is 42.0 Å². The molecule has 0 saturated carbocycles. The van der Waals surface area contributed by atoms with Crippen molar-refractivity contribution in [2.45, 2.75) is 12.8 Å². The third-order valence-corrected chi connectivity index (χ3v) is 5.60. The summed E-state index contributed by atoms with van der Waals surface area (Å²) in [5.41, 5.74) is 0.384. The van der Waals surface area contributed by atoms with E-state index in [2.05, 4.69) is 15.6 Å². The van der Waals surface area contributed by atoms with Crippen molar-refractivity contribution in [3.63, 3.8) is 0 Å². The maximum atomic E-state index is 13.9. The number of rotatable bonds is 6. The zero-order valence-corrected chi connectivity index (χ0v) is 17.4. The van der Waals surface area contributed by atoms with Crippen LogP contribution in [0.2, 0.25) is 0 Å². The zero-order valence-electron chi connectivity index (χ0n) is 15.0. The molecule has 1 aliphatic heterocycles. The second-order valence-electron chi connectivity index (χ2n) is 6.38. The number of halogens is 3. The van der Waals surface area contributed by atoms with Gasteiger partial charge in [-0.1, -0.05) is 12.1 Å². The van der Waals surface area contributed by atoms with Crippen LogP contribution in [0.3, 0.4) is 0 Å². The number of amides is 1. The molecule has 1 aromatic carbocycles. The minimum atomic E-state index is -0.336. The van der Waals surface area contributed by atoms with Crippen LogP contribution < -0.4 is 10.6 Å². The van der Waals surface area contributed by atoms with Crippen molar-refractivity contribution in [2.75, 3.05) is 33.4 Å². The Kier molecular flexibility index (Phi) is 9.62. The largest absolute Gasteiger partial charge is 0.384 e. The molecule has 3 rings (SSSR count). The van der Waals surface area contributed by atoms with E-state index < -0.39 is 0 Å². The van der Waals surface area contributed by atoms with Crippen LogP contribution in [0.4, 0.5) is 4.39 Å². The minimum absolute atomic E-state index is 0. The Balaban J connectivity index is 0.00000182. The number of benzene rings is 1. The van der Waals surface area contributed by atoms with Gasteiger partial charge >= 0.3 is 0 Å². The summed E-state index contributed by atoms with van der Waals surface area (Å²) >= 11 is 1.20. The van der Waals surface area contributed by atoms with Crippen LogP contribution in [0.1, 0.15) is 22.5 Å². The van der Waals surface area contributed by atoms with E-state index in [9.17, 15) is 9.18 Å². The molecular formula is C18H24Cl2FN3O2S. The molecule has 0 spiro atoms. The standard InChI is InChI=1S/C18H22FN3O2S.2ClH/c1-24-12-18(6-8-20-9-7-18)11-22-16(23)15-10-21-17(25-15)13-4-2-3-5-14(13)19;;/h2-5,10,20H,6-9,11-12H2,1H3,(H,22,23);2*1H. The van der Waals surface area contributed by atoms with E-state index in [1.165, 1.54) is 23.6 Å². The topological polar surface area (TPSA) is 63.2 Å². The fourth-order valence-corrected chi connectivity index (χ4v) is 3.99. The first-order valence-corrected chi connectivity index (χ1v) is 9.14. The molecule has 2 heterocycles. The molecule has 2 N–H and O–H groups in total. The minimum Gasteiger partial charge on any atom is -0.384 e. The number of aromatic nitrogens is 1. The lowest BCUT2D eigenvalue weighted by Crippen LogP contribution is -2.47. The van der Waals surface area contributed by atoms with Gasteiger partial charge in [-0.3, -0.25) is 4.79 Å². The molecular weight excluding hydrogens is 412 g/mol. The monoisotopic (exact) mass is 435 g/mol. The maximum absolute atomic E-state index is 13.9. The highest BCUT2D eigenvalue weighted by atomic mass is 35.5. The molecule has 0 unspecified atom stereocenters. The number of hydrogen-bond donors (Lipinski definition) is 2. The molecule has 0 aliphatic carbocycles. The number of piperidine rings is 1. The molecule has 9 heteroatoms. The summed E-state index contributed by atoms with van der Waals surface area (Å²) in [7, 11) is 1.69. The summed E-state index contributed by atoms with van der Waals surface area (Å²) in [6, 6.07) is 6.44. The third-order valence-electron chi connectivity index (χ3n) is 4.57. The van der Waals surface area contributed by atoms with Crippen LogP contribution >= 0.6 is 36.2 Å². The number of methoxy groups -OCH3 is 1. The first-order chi connectivity index (χ1) is 12.1. The quantitative estimate of drug-likeness (QED) is 0.727. The predicted molar refractivity (Wildman–Crippen MR) is 111 cm³/mol. The van der Waals surface area contributed by atoms with Gasteiger partial charge in [0.25, 0.3) is 5.91 Å². The fraction of sp³-hybridized carbons (Fsp3) is 0.444. The third kappa shape index (κ3) is 5.86. The van der Waals surface area contributed by atoms with Gasteiger partial charge in [0, 0.05) is 24.6 Å². The van der Waals surface area contributed by atoms with E-state index in [1.807, 2.05) is 0 Å². The molecule has 5 nitrogen and oxygen atoms in total. The van der Waals surface area contributed by atoms with Crippen molar-refractivity contribution in [3.8, 4) is 10.6 Å². The van der Waals surface area contributed by atoms with Crippen molar-refractivity contribution < 1.29 is 13.9 Å². The van der Waals surface area contributed by atoms with Crippen molar-refractivity contribution >= 4 is 42.1 Å². The lowest BCUT2D eigenvalue weighted by atomic mass is 9.79. The predicted octanol–water partition coefficient (Wildman–Crippen LogP) is 3.54. The van der Waals surface area contributed by atoms with Crippen molar-refractivity contribution in [1.29, 1.82) is 0 Å². The van der Waals surface area contributed by atoms with Gasteiger partial charge in [-0.05, 0) is 38.1 Å². The van der Waals surface area contributed by atoms with Gasteiger partial charge in [-0.15, -0.1) is 36.2 Å². The van der Waals surface area contributed by atoms with Crippen LogP contribution in [0.5, 0.6) is 0 Å². The molecule has 1 fully saturated rings. The number of carbonyl (C=O) groups excluding carboxylic acids is 1. The average molecular weight is 436 g/mol. The lowest BCUT2D eigenvalue weighted by Gasteiger charge is -2.37. The number of nitrogens with one attached hydrogen (secondary N) is 2. The molecule has 27 heavy (non-hydrogen) atoms. The van der Waals surface area contributed by atoms with Gasteiger partial charge in [0.05, 0.1) is 12.8 Å². The zero-order chi connectivity index (χ0) is 17.7. The summed E-state index contributed by atoms with van der Waals surface area (Å²) in [6.07, 6.45) is 3.43. The first kappa shape index (κ1) is 23.8. The summed E-state index contributed by atoms with van der Waals surface area (Å²) in [4.78, 5) is 17.2. The number of thiazole rings is 1. The van der Waals surface area contributed by atoms with Gasteiger partial charge < -0.3 is 15.4 Å². The Morgan fingerprint density at radius 2 is 2.04 bits per heavy atom. The van der Waals surface area contributed by atoms with Crippen molar-refractivity contribution in [1.82, 2.24) is 15.6 Å². The molecule has 0 atom stereocenters. The van der Waals surface area contributed by atoms with Gasteiger partial charge in [0.1, 0.15) is 15.7 Å². The molecule has 1 aliphatic rings. The first-order valence-electron chi connectivity index (χ1n) is 8.32. The Labute approximate surface area is 174 Å². The normalized spacial score (nSPS) is 15.3. The lowest BCUT2D eigenvalue weighted by molar-refractivity contribution is 0.0512. The second kappa shape index (κ2) is 10.9. The average Bonchev–Trinajstić information content (AvgIpc) is 3.11. The Bertz CT molecular complexity index is 733. The second-order valence-corrected chi connectivity index (χ2v) is 7.41. The highest BCUT2D eigenvalue weighted by Gasteiger charge is 2.32. The number of ether oxygens (including phenoxy) is 1. The highest BCUT2D eigenvalue weighted by molar-refractivity contribution is 7.16. The van der Waals surface area contributed by atoms with E-state index >= 15 is 0 Å². The van der Waals surface area contributed by atoms with Crippen LogP contribution in [0.25, 0.3) is 10.6 Å². The summed E-state index contributed by atoms with van der Waals surface area (Å²) in [5.74, 6) is -0.508. The van der Waals surface area contributed by atoms with E-state index in [1.54, 1.807) is 25.3 Å².